The molecule has 2 amide bonds. The zero-order valence-corrected chi connectivity index (χ0v) is 11.8. The third kappa shape index (κ3) is 2.96. The third-order valence-electron chi connectivity index (χ3n) is 3.22. The van der Waals surface area contributed by atoms with E-state index in [-0.39, 0.29) is 17.6 Å². The fourth-order valence-corrected chi connectivity index (χ4v) is 2.15. The third-order valence-corrected chi connectivity index (χ3v) is 3.22. The first-order chi connectivity index (χ1) is 9.67. The van der Waals surface area contributed by atoms with E-state index in [0.717, 1.165) is 0 Å². The van der Waals surface area contributed by atoms with Crippen molar-refractivity contribution in [2.45, 2.75) is 26.3 Å². The van der Waals surface area contributed by atoms with Crippen molar-refractivity contribution < 1.29 is 9.59 Å². The monoisotopic (exact) mass is 280 g/mol. The predicted molar refractivity (Wildman–Crippen MR) is 72.1 cm³/mol. The Kier molecular flexibility index (Phi) is 4.67. The van der Waals surface area contributed by atoms with E-state index in [1.54, 1.807) is 0 Å². The Balaban J connectivity index is 2.14. The second-order valence-corrected chi connectivity index (χ2v) is 4.57. The van der Waals surface area contributed by atoms with Crippen LogP contribution < -0.4 is 10.6 Å². The van der Waals surface area contributed by atoms with Crippen LogP contribution in [0.2, 0.25) is 0 Å². The lowest BCUT2D eigenvalue weighted by atomic mass is 10.1. The summed E-state index contributed by atoms with van der Waals surface area (Å²) >= 11 is 0. The van der Waals surface area contributed by atoms with Gasteiger partial charge in [0.15, 0.2) is 0 Å². The van der Waals surface area contributed by atoms with Gasteiger partial charge in [-0.3, -0.25) is 14.7 Å². The van der Waals surface area contributed by atoms with E-state index in [1.807, 2.05) is 13.8 Å². The number of carbonyl (C=O) groups is 2. The SMILES string of the molecule is CCNC(=O)C1CNCCN1C(=O)c1n[nH]c(CC)n1. The second kappa shape index (κ2) is 6.47. The highest BCUT2D eigenvalue weighted by atomic mass is 16.2. The van der Waals surface area contributed by atoms with Crippen LogP contribution in [0.15, 0.2) is 0 Å². The van der Waals surface area contributed by atoms with E-state index in [2.05, 4.69) is 25.8 Å². The van der Waals surface area contributed by atoms with Crippen molar-refractivity contribution in [2.24, 2.45) is 0 Å². The topological polar surface area (TPSA) is 103 Å². The van der Waals surface area contributed by atoms with Crippen LogP contribution in [0.1, 0.15) is 30.3 Å². The molecule has 0 radical (unpaired) electrons. The smallest absolute Gasteiger partial charge is 0.294 e. The predicted octanol–water partition coefficient (Wildman–Crippen LogP) is -1.08. The molecule has 3 N–H and O–H groups in total. The van der Waals surface area contributed by atoms with Crippen molar-refractivity contribution in [3.8, 4) is 0 Å². The van der Waals surface area contributed by atoms with Crippen LogP contribution in [0, 0.1) is 0 Å². The quantitative estimate of drug-likeness (QED) is 0.651. The molecule has 0 spiro atoms. The van der Waals surface area contributed by atoms with Gasteiger partial charge in [-0.15, -0.1) is 5.10 Å². The molecule has 1 saturated heterocycles. The fraction of sp³-hybridized carbons (Fsp3) is 0.667. The van der Waals surface area contributed by atoms with E-state index >= 15 is 0 Å². The first kappa shape index (κ1) is 14.4. The molecular formula is C12H20N6O2. The van der Waals surface area contributed by atoms with Crippen molar-refractivity contribution in [2.75, 3.05) is 26.2 Å². The van der Waals surface area contributed by atoms with Crippen LogP contribution in [0.4, 0.5) is 0 Å². The molecule has 1 aromatic heterocycles. The lowest BCUT2D eigenvalue weighted by Crippen LogP contribution is -2.59. The summed E-state index contributed by atoms with van der Waals surface area (Å²) in [7, 11) is 0. The van der Waals surface area contributed by atoms with E-state index < -0.39 is 6.04 Å². The first-order valence-corrected chi connectivity index (χ1v) is 6.88. The number of aromatic amines is 1. The largest absolute Gasteiger partial charge is 0.355 e. The summed E-state index contributed by atoms with van der Waals surface area (Å²) in [6.45, 7) is 5.89. The minimum Gasteiger partial charge on any atom is -0.355 e. The number of aromatic nitrogens is 3. The molecule has 1 aliphatic heterocycles. The molecule has 1 aromatic rings. The molecule has 0 bridgehead atoms. The summed E-state index contributed by atoms with van der Waals surface area (Å²) < 4.78 is 0. The Morgan fingerprint density at radius 1 is 1.45 bits per heavy atom. The Bertz CT molecular complexity index is 486. The maximum atomic E-state index is 12.4. The Hall–Kier alpha value is -1.96. The van der Waals surface area contributed by atoms with Crippen molar-refractivity contribution in [3.05, 3.63) is 11.6 Å². The molecule has 2 heterocycles. The molecule has 110 valence electrons. The standard InChI is InChI=1S/C12H20N6O2/c1-3-9-15-10(17-16-9)12(20)18-6-5-13-7-8(18)11(19)14-4-2/h8,13H,3-7H2,1-2H3,(H,14,19)(H,15,16,17). The molecule has 0 aromatic carbocycles. The van der Waals surface area contributed by atoms with Gasteiger partial charge in [0.05, 0.1) is 0 Å². The second-order valence-electron chi connectivity index (χ2n) is 4.57. The average molecular weight is 280 g/mol. The Morgan fingerprint density at radius 2 is 2.25 bits per heavy atom. The number of piperazine rings is 1. The highest BCUT2D eigenvalue weighted by molar-refractivity contribution is 5.95. The molecule has 8 heteroatoms. The molecule has 20 heavy (non-hydrogen) atoms. The lowest BCUT2D eigenvalue weighted by molar-refractivity contribution is -0.126. The van der Waals surface area contributed by atoms with Crippen LogP contribution in [0.5, 0.6) is 0 Å². The van der Waals surface area contributed by atoms with E-state index in [1.165, 1.54) is 4.90 Å². The summed E-state index contributed by atoms with van der Waals surface area (Å²) in [5, 5.41) is 12.5. The Morgan fingerprint density at radius 3 is 2.90 bits per heavy atom. The molecule has 1 aliphatic rings. The number of H-pyrrole nitrogens is 1. The molecule has 8 nitrogen and oxygen atoms in total. The van der Waals surface area contributed by atoms with Gasteiger partial charge in [-0.25, -0.2) is 4.98 Å². The van der Waals surface area contributed by atoms with Gasteiger partial charge in [0.1, 0.15) is 11.9 Å². The number of aryl methyl sites for hydroxylation is 1. The minimum absolute atomic E-state index is 0.123. The van der Waals surface area contributed by atoms with Crippen LogP contribution in [0.25, 0.3) is 0 Å². The highest BCUT2D eigenvalue weighted by Crippen LogP contribution is 2.08. The van der Waals surface area contributed by atoms with E-state index in [0.29, 0.717) is 38.4 Å². The number of amides is 2. The number of nitrogens with one attached hydrogen (secondary N) is 3. The summed E-state index contributed by atoms with van der Waals surface area (Å²) in [5.74, 6) is 0.328. The summed E-state index contributed by atoms with van der Waals surface area (Å²) in [4.78, 5) is 30.1. The number of carbonyl (C=O) groups excluding carboxylic acids is 2. The molecule has 1 fully saturated rings. The number of hydrogen-bond donors (Lipinski definition) is 3. The van der Waals surface area contributed by atoms with Crippen molar-refractivity contribution in [3.63, 3.8) is 0 Å². The number of rotatable bonds is 4. The van der Waals surface area contributed by atoms with Gasteiger partial charge in [-0.05, 0) is 6.92 Å². The van der Waals surface area contributed by atoms with Gasteiger partial charge in [0, 0.05) is 32.6 Å². The molecule has 1 atom stereocenters. The summed E-state index contributed by atoms with van der Waals surface area (Å²) in [6.07, 6.45) is 0.682. The average Bonchev–Trinajstić information content (AvgIpc) is 2.95. The van der Waals surface area contributed by atoms with Crippen LogP contribution >= 0.6 is 0 Å². The van der Waals surface area contributed by atoms with Crippen LogP contribution in [-0.2, 0) is 11.2 Å². The van der Waals surface area contributed by atoms with Crippen molar-refractivity contribution >= 4 is 11.8 Å². The van der Waals surface area contributed by atoms with E-state index in [9.17, 15) is 9.59 Å². The maximum absolute atomic E-state index is 12.4. The lowest BCUT2D eigenvalue weighted by Gasteiger charge is -2.34. The van der Waals surface area contributed by atoms with Crippen molar-refractivity contribution in [1.82, 2.24) is 30.7 Å². The molecule has 1 unspecified atom stereocenters. The van der Waals surface area contributed by atoms with Gasteiger partial charge in [0.25, 0.3) is 5.91 Å². The number of nitrogens with zero attached hydrogens (tertiary/aromatic N) is 3. The number of hydrogen-bond acceptors (Lipinski definition) is 5. The van der Waals surface area contributed by atoms with E-state index in [4.69, 9.17) is 0 Å². The van der Waals surface area contributed by atoms with Gasteiger partial charge in [-0.1, -0.05) is 6.92 Å². The number of likely N-dealkylation sites (N-methyl/N-ethyl adjacent to an activating group) is 1. The zero-order valence-electron chi connectivity index (χ0n) is 11.8. The van der Waals surface area contributed by atoms with Crippen molar-refractivity contribution in [1.29, 1.82) is 0 Å². The zero-order chi connectivity index (χ0) is 14.5. The highest BCUT2D eigenvalue weighted by Gasteiger charge is 2.33. The summed E-state index contributed by atoms with van der Waals surface area (Å²) in [6, 6.07) is -0.514. The summed E-state index contributed by atoms with van der Waals surface area (Å²) in [5.41, 5.74) is 0. The molecule has 0 saturated carbocycles. The molecular weight excluding hydrogens is 260 g/mol. The van der Waals surface area contributed by atoms with Gasteiger partial charge < -0.3 is 15.5 Å². The van der Waals surface area contributed by atoms with Crippen LogP contribution in [0.3, 0.4) is 0 Å². The molecule has 2 rings (SSSR count). The Labute approximate surface area is 117 Å². The normalized spacial score (nSPS) is 18.9. The first-order valence-electron chi connectivity index (χ1n) is 6.88. The van der Waals surface area contributed by atoms with Gasteiger partial charge >= 0.3 is 0 Å². The minimum atomic E-state index is -0.514. The van der Waals surface area contributed by atoms with Gasteiger partial charge in [-0.2, -0.15) is 0 Å². The fourth-order valence-electron chi connectivity index (χ4n) is 2.15. The van der Waals surface area contributed by atoms with Crippen LogP contribution in [-0.4, -0.2) is 64.1 Å². The maximum Gasteiger partial charge on any atom is 0.294 e. The molecule has 0 aliphatic carbocycles. The van der Waals surface area contributed by atoms with Gasteiger partial charge in [0.2, 0.25) is 11.7 Å².